The molecule has 0 saturated carbocycles. The summed E-state index contributed by atoms with van der Waals surface area (Å²) >= 11 is 1.54. The summed E-state index contributed by atoms with van der Waals surface area (Å²) < 4.78 is 11.0. The molecule has 3 heterocycles. The molecule has 0 spiro atoms. The molecule has 5 nitrogen and oxygen atoms in total. The monoisotopic (exact) mass is 279 g/mol. The molecule has 6 heteroatoms. The van der Waals surface area contributed by atoms with Crippen LogP contribution >= 0.6 is 11.3 Å². The van der Waals surface area contributed by atoms with Crippen molar-refractivity contribution in [1.29, 1.82) is 0 Å². The number of nitrogen functional groups attached to an aromatic ring is 1. The molecule has 1 aliphatic rings. The first-order valence-corrected chi connectivity index (χ1v) is 7.40. The van der Waals surface area contributed by atoms with Crippen LogP contribution in [0.2, 0.25) is 0 Å². The molecule has 2 aromatic rings. The van der Waals surface area contributed by atoms with Crippen molar-refractivity contribution in [2.45, 2.75) is 38.7 Å². The number of hydrogen-bond donors (Lipinski definition) is 1. The molecule has 2 aromatic heterocycles. The predicted octanol–water partition coefficient (Wildman–Crippen LogP) is 2.80. The zero-order chi connectivity index (χ0) is 13.2. The van der Waals surface area contributed by atoms with E-state index in [9.17, 15) is 0 Å². The quantitative estimate of drug-likeness (QED) is 0.935. The van der Waals surface area contributed by atoms with E-state index in [1.165, 1.54) is 17.8 Å². The molecule has 2 N–H and O–H groups in total. The minimum atomic E-state index is 0.224. The first-order chi connectivity index (χ1) is 9.24. The van der Waals surface area contributed by atoms with Gasteiger partial charge in [-0.15, -0.1) is 11.3 Å². The number of nitrogens with two attached hydrogens (primary N) is 1. The maximum Gasteiger partial charge on any atom is 0.270 e. The van der Waals surface area contributed by atoms with Gasteiger partial charge in [-0.05, 0) is 37.1 Å². The number of rotatable bonds is 3. The van der Waals surface area contributed by atoms with Crippen LogP contribution < -0.4 is 5.73 Å². The van der Waals surface area contributed by atoms with Crippen LogP contribution in [0.25, 0.3) is 10.8 Å². The molecule has 102 valence electrons. The second kappa shape index (κ2) is 5.30. The number of aryl methyl sites for hydroxylation is 1. The largest absolute Gasteiger partial charge is 0.397 e. The molecular weight excluding hydrogens is 262 g/mol. The van der Waals surface area contributed by atoms with Crippen molar-refractivity contribution in [3.63, 3.8) is 0 Å². The first-order valence-electron chi connectivity index (χ1n) is 6.52. The summed E-state index contributed by atoms with van der Waals surface area (Å²) in [5.74, 6) is 1.22. The molecule has 1 saturated heterocycles. The van der Waals surface area contributed by atoms with Gasteiger partial charge in [0.2, 0.25) is 0 Å². The van der Waals surface area contributed by atoms with Crippen molar-refractivity contribution in [1.82, 2.24) is 10.1 Å². The smallest absolute Gasteiger partial charge is 0.270 e. The summed E-state index contributed by atoms with van der Waals surface area (Å²) in [6.45, 7) is 2.81. The Morgan fingerprint density at radius 3 is 3.05 bits per heavy atom. The van der Waals surface area contributed by atoms with Gasteiger partial charge < -0.3 is 15.0 Å². The third kappa shape index (κ3) is 2.64. The lowest BCUT2D eigenvalue weighted by Gasteiger charge is -2.20. The summed E-state index contributed by atoms with van der Waals surface area (Å²) in [5, 5.41) is 6.02. The van der Waals surface area contributed by atoms with E-state index in [0.29, 0.717) is 18.1 Å². The molecule has 0 aliphatic carbocycles. The Morgan fingerprint density at radius 1 is 1.47 bits per heavy atom. The Kier molecular flexibility index (Phi) is 3.52. The average Bonchev–Trinajstić information content (AvgIpc) is 3.00. The number of hydrogen-bond acceptors (Lipinski definition) is 6. The number of ether oxygens (including phenoxy) is 1. The van der Waals surface area contributed by atoms with Crippen molar-refractivity contribution in [3.8, 4) is 10.8 Å². The van der Waals surface area contributed by atoms with Crippen molar-refractivity contribution >= 4 is 17.0 Å². The molecule has 19 heavy (non-hydrogen) atoms. The summed E-state index contributed by atoms with van der Waals surface area (Å²) in [6, 6.07) is 0. The van der Waals surface area contributed by atoms with E-state index in [1.54, 1.807) is 0 Å². The van der Waals surface area contributed by atoms with E-state index in [2.05, 4.69) is 10.1 Å². The maximum absolute atomic E-state index is 5.99. The SMILES string of the molecule is Cc1csc(-c2nc(CC3CCCCO3)no2)c1N. The first kappa shape index (κ1) is 12.6. The van der Waals surface area contributed by atoms with Crippen LogP contribution in [0.1, 0.15) is 30.7 Å². The fourth-order valence-corrected chi connectivity index (χ4v) is 3.11. The molecule has 0 bridgehead atoms. The zero-order valence-corrected chi connectivity index (χ0v) is 11.7. The Balaban J connectivity index is 1.74. The third-order valence-electron chi connectivity index (χ3n) is 3.37. The molecule has 1 fully saturated rings. The van der Waals surface area contributed by atoms with Crippen molar-refractivity contribution in [3.05, 3.63) is 16.8 Å². The molecule has 0 amide bonds. The number of nitrogens with zero attached hydrogens (tertiary/aromatic N) is 2. The van der Waals surface area contributed by atoms with Gasteiger partial charge in [0.25, 0.3) is 5.89 Å². The zero-order valence-electron chi connectivity index (χ0n) is 10.9. The summed E-state index contributed by atoms with van der Waals surface area (Å²) in [5.41, 5.74) is 7.77. The van der Waals surface area contributed by atoms with Gasteiger partial charge in [-0.3, -0.25) is 0 Å². The fourth-order valence-electron chi connectivity index (χ4n) is 2.22. The topological polar surface area (TPSA) is 74.2 Å². The second-order valence-electron chi connectivity index (χ2n) is 4.87. The van der Waals surface area contributed by atoms with Gasteiger partial charge in [-0.2, -0.15) is 4.98 Å². The lowest BCUT2D eigenvalue weighted by atomic mass is 10.1. The van der Waals surface area contributed by atoms with Gasteiger partial charge in [-0.1, -0.05) is 5.16 Å². The molecule has 1 aliphatic heterocycles. The minimum Gasteiger partial charge on any atom is -0.397 e. The van der Waals surface area contributed by atoms with Crippen LogP contribution in [0, 0.1) is 6.92 Å². The lowest BCUT2D eigenvalue weighted by Crippen LogP contribution is -2.21. The van der Waals surface area contributed by atoms with Crippen LogP contribution in [0.3, 0.4) is 0 Å². The Bertz CT molecular complexity index is 558. The highest BCUT2D eigenvalue weighted by Gasteiger charge is 2.19. The highest BCUT2D eigenvalue weighted by molar-refractivity contribution is 7.14. The van der Waals surface area contributed by atoms with Gasteiger partial charge >= 0.3 is 0 Å². The Hall–Kier alpha value is -1.40. The summed E-state index contributed by atoms with van der Waals surface area (Å²) in [7, 11) is 0. The van der Waals surface area contributed by atoms with Crippen molar-refractivity contribution in [2.75, 3.05) is 12.3 Å². The number of thiophene rings is 1. The molecule has 0 radical (unpaired) electrons. The molecule has 1 atom stereocenters. The van der Waals surface area contributed by atoms with Crippen LogP contribution in [-0.4, -0.2) is 22.9 Å². The normalized spacial score (nSPS) is 19.7. The third-order valence-corrected chi connectivity index (χ3v) is 4.47. The average molecular weight is 279 g/mol. The molecule has 0 aromatic carbocycles. The van der Waals surface area contributed by atoms with Gasteiger partial charge in [0.15, 0.2) is 5.82 Å². The summed E-state index contributed by atoms with van der Waals surface area (Å²) in [4.78, 5) is 5.28. The van der Waals surface area contributed by atoms with Crippen molar-refractivity contribution in [2.24, 2.45) is 0 Å². The second-order valence-corrected chi connectivity index (χ2v) is 5.75. The number of anilines is 1. The van der Waals surface area contributed by atoms with Gasteiger partial charge in [-0.25, -0.2) is 0 Å². The predicted molar refractivity (Wildman–Crippen MR) is 74.1 cm³/mol. The van der Waals surface area contributed by atoms with Crippen LogP contribution in [0.15, 0.2) is 9.90 Å². The van der Waals surface area contributed by atoms with Crippen LogP contribution in [0.5, 0.6) is 0 Å². The van der Waals surface area contributed by atoms with Gasteiger partial charge in [0, 0.05) is 13.0 Å². The summed E-state index contributed by atoms with van der Waals surface area (Å²) in [6.07, 6.45) is 4.38. The van der Waals surface area contributed by atoms with E-state index in [1.807, 2.05) is 12.3 Å². The van der Waals surface area contributed by atoms with Crippen molar-refractivity contribution < 1.29 is 9.26 Å². The van der Waals surface area contributed by atoms with Crippen LogP contribution in [-0.2, 0) is 11.2 Å². The fraction of sp³-hybridized carbons (Fsp3) is 0.538. The number of aromatic nitrogens is 2. The standard InChI is InChI=1S/C13H17N3O2S/c1-8-7-19-12(11(8)14)13-15-10(16-18-13)6-9-4-2-3-5-17-9/h7,9H,2-6,14H2,1H3. The highest BCUT2D eigenvalue weighted by Crippen LogP contribution is 2.33. The molecule has 3 rings (SSSR count). The molecule has 1 unspecified atom stereocenters. The van der Waals surface area contributed by atoms with Gasteiger partial charge in [0.1, 0.15) is 4.88 Å². The maximum atomic E-state index is 5.99. The highest BCUT2D eigenvalue weighted by atomic mass is 32.1. The minimum absolute atomic E-state index is 0.224. The van der Waals surface area contributed by atoms with Crippen LogP contribution in [0.4, 0.5) is 5.69 Å². The Labute approximate surface area is 115 Å². The van der Waals surface area contributed by atoms with Gasteiger partial charge in [0.05, 0.1) is 11.8 Å². The molecular formula is C13H17N3O2S. The van der Waals surface area contributed by atoms with E-state index in [0.717, 1.165) is 35.6 Å². The van der Waals surface area contributed by atoms with E-state index >= 15 is 0 Å². The Morgan fingerprint density at radius 2 is 2.37 bits per heavy atom. The van der Waals surface area contributed by atoms with E-state index < -0.39 is 0 Å². The lowest BCUT2D eigenvalue weighted by molar-refractivity contribution is 0.0153. The van der Waals surface area contributed by atoms with E-state index in [4.69, 9.17) is 15.0 Å². The van der Waals surface area contributed by atoms with E-state index in [-0.39, 0.29) is 6.10 Å².